The lowest BCUT2D eigenvalue weighted by Crippen LogP contribution is -2.54. The van der Waals surface area contributed by atoms with Gasteiger partial charge in [-0.3, -0.25) is 19.8 Å². The molecule has 154 valence electrons. The van der Waals surface area contributed by atoms with E-state index < -0.39 is 17.8 Å². The third-order valence-corrected chi connectivity index (χ3v) is 5.13. The fourth-order valence-corrected chi connectivity index (χ4v) is 3.51. The molecule has 0 atom stereocenters. The number of carboxylic acids is 1. The average Bonchev–Trinajstić information content (AvgIpc) is 3.21. The number of para-hydroxylation sites is 1. The number of nitrogens with one attached hydrogen (secondary N) is 1. The first-order chi connectivity index (χ1) is 14.8. The van der Waals surface area contributed by atoms with Crippen molar-refractivity contribution in [1.29, 1.82) is 0 Å². The van der Waals surface area contributed by atoms with Gasteiger partial charge >= 0.3 is 5.97 Å². The van der Waals surface area contributed by atoms with E-state index in [2.05, 4.69) is 5.32 Å². The molecule has 0 unspecified atom stereocenters. The van der Waals surface area contributed by atoms with Gasteiger partial charge in [0.05, 0.1) is 16.3 Å². The summed E-state index contributed by atoms with van der Waals surface area (Å²) in [5.74, 6) is -1.60. The maximum Gasteiger partial charge on any atom is 0.335 e. The van der Waals surface area contributed by atoms with E-state index in [1.807, 2.05) is 0 Å². The van der Waals surface area contributed by atoms with Crippen LogP contribution in [0, 0.1) is 0 Å². The smallest absolute Gasteiger partial charge is 0.335 e. The fourth-order valence-electron chi connectivity index (χ4n) is 3.01. The van der Waals surface area contributed by atoms with Crippen LogP contribution >= 0.6 is 23.8 Å². The Balaban J connectivity index is 1.65. The summed E-state index contributed by atoms with van der Waals surface area (Å²) >= 11 is 11.4. The number of hydrogen-bond donors (Lipinski definition) is 2. The van der Waals surface area contributed by atoms with Gasteiger partial charge in [0.15, 0.2) is 5.11 Å². The largest absolute Gasteiger partial charge is 0.478 e. The summed E-state index contributed by atoms with van der Waals surface area (Å²) in [5.41, 5.74) is 0.977. The summed E-state index contributed by atoms with van der Waals surface area (Å²) < 4.78 is 5.73. The van der Waals surface area contributed by atoms with Crippen LogP contribution in [0.15, 0.2) is 70.7 Å². The van der Waals surface area contributed by atoms with E-state index in [1.54, 1.807) is 48.5 Å². The standard InChI is InChI=1S/C22H13ClN2O5S/c23-16-3-1-2-4-17(16)25-20(27)15(19(26)24-22(25)31)11-14-9-10-18(30-14)12-5-7-13(8-6-12)21(28)29/h1-11H,(H,28,29)(H,24,26,31)/b15-11+. The number of benzene rings is 2. The van der Waals surface area contributed by atoms with Crippen molar-refractivity contribution in [2.24, 2.45) is 0 Å². The second-order valence-corrected chi connectivity index (χ2v) is 7.29. The molecule has 31 heavy (non-hydrogen) atoms. The molecule has 1 saturated heterocycles. The van der Waals surface area contributed by atoms with E-state index in [-0.39, 0.29) is 22.0 Å². The van der Waals surface area contributed by atoms with Crippen LogP contribution in [-0.4, -0.2) is 28.0 Å². The zero-order chi connectivity index (χ0) is 22.1. The fraction of sp³-hybridized carbons (Fsp3) is 0. The number of thiocarbonyl (C=S) groups is 1. The minimum atomic E-state index is -1.03. The molecule has 1 aromatic heterocycles. The number of rotatable bonds is 4. The van der Waals surface area contributed by atoms with Crippen LogP contribution in [0.4, 0.5) is 5.69 Å². The predicted octanol–water partition coefficient (Wildman–Crippen LogP) is 4.13. The second-order valence-electron chi connectivity index (χ2n) is 6.49. The van der Waals surface area contributed by atoms with Gasteiger partial charge in [-0.2, -0.15) is 0 Å². The monoisotopic (exact) mass is 452 g/mol. The molecule has 3 aromatic rings. The van der Waals surface area contributed by atoms with Gasteiger partial charge in [0.25, 0.3) is 11.8 Å². The Labute approximate surface area is 186 Å². The highest BCUT2D eigenvalue weighted by atomic mass is 35.5. The molecule has 2 heterocycles. The van der Waals surface area contributed by atoms with Crippen molar-refractivity contribution in [2.75, 3.05) is 4.90 Å². The van der Waals surface area contributed by atoms with E-state index >= 15 is 0 Å². The van der Waals surface area contributed by atoms with Crippen molar-refractivity contribution in [1.82, 2.24) is 5.32 Å². The normalized spacial score (nSPS) is 15.3. The zero-order valence-corrected chi connectivity index (χ0v) is 17.2. The van der Waals surface area contributed by atoms with Crippen LogP contribution in [0.3, 0.4) is 0 Å². The average molecular weight is 453 g/mol. The van der Waals surface area contributed by atoms with Crippen molar-refractivity contribution in [3.8, 4) is 11.3 Å². The minimum Gasteiger partial charge on any atom is -0.478 e. The molecule has 0 bridgehead atoms. The van der Waals surface area contributed by atoms with Crippen LogP contribution in [0.5, 0.6) is 0 Å². The summed E-state index contributed by atoms with van der Waals surface area (Å²) in [6, 6.07) is 16.0. The Kier molecular flexibility index (Phi) is 5.41. The first kappa shape index (κ1) is 20.5. The van der Waals surface area contributed by atoms with Gasteiger partial charge in [0, 0.05) is 5.56 Å². The first-order valence-corrected chi connectivity index (χ1v) is 9.73. The lowest BCUT2D eigenvalue weighted by molar-refractivity contribution is -0.122. The maximum atomic E-state index is 13.0. The Morgan fingerprint density at radius 2 is 1.77 bits per heavy atom. The zero-order valence-electron chi connectivity index (χ0n) is 15.7. The van der Waals surface area contributed by atoms with Crippen LogP contribution in [0.2, 0.25) is 5.02 Å². The van der Waals surface area contributed by atoms with Crippen molar-refractivity contribution in [3.63, 3.8) is 0 Å². The van der Waals surface area contributed by atoms with Gasteiger partial charge in [0.1, 0.15) is 17.1 Å². The number of halogens is 1. The molecule has 1 fully saturated rings. The van der Waals surface area contributed by atoms with E-state index in [0.717, 1.165) is 4.90 Å². The molecule has 9 heteroatoms. The summed E-state index contributed by atoms with van der Waals surface area (Å²) in [4.78, 5) is 37.6. The van der Waals surface area contributed by atoms with Gasteiger partial charge in [-0.05, 0) is 54.7 Å². The Morgan fingerprint density at radius 3 is 2.45 bits per heavy atom. The molecule has 1 aliphatic heterocycles. The third-order valence-electron chi connectivity index (χ3n) is 4.52. The van der Waals surface area contributed by atoms with Crippen LogP contribution in [0.1, 0.15) is 16.1 Å². The van der Waals surface area contributed by atoms with Gasteiger partial charge in [-0.15, -0.1) is 0 Å². The molecule has 4 rings (SSSR count). The van der Waals surface area contributed by atoms with Gasteiger partial charge in [-0.1, -0.05) is 35.9 Å². The van der Waals surface area contributed by atoms with Crippen molar-refractivity contribution in [3.05, 3.63) is 82.6 Å². The predicted molar refractivity (Wildman–Crippen MR) is 119 cm³/mol. The Bertz CT molecular complexity index is 1260. The highest BCUT2D eigenvalue weighted by molar-refractivity contribution is 7.80. The van der Waals surface area contributed by atoms with Crippen LogP contribution in [-0.2, 0) is 9.59 Å². The molecule has 1 aliphatic rings. The molecule has 0 saturated carbocycles. The highest BCUT2D eigenvalue weighted by Gasteiger charge is 2.35. The number of furan rings is 1. The first-order valence-electron chi connectivity index (χ1n) is 8.94. The number of carbonyl (C=O) groups is 3. The number of amides is 2. The number of hydrogen-bond acceptors (Lipinski definition) is 5. The number of carboxylic acid groups (broad SMARTS) is 1. The Morgan fingerprint density at radius 1 is 1.06 bits per heavy atom. The van der Waals surface area contributed by atoms with Crippen LogP contribution < -0.4 is 10.2 Å². The quantitative estimate of drug-likeness (QED) is 0.351. The van der Waals surface area contributed by atoms with Crippen LogP contribution in [0.25, 0.3) is 17.4 Å². The molecule has 2 amide bonds. The van der Waals surface area contributed by atoms with Crippen molar-refractivity contribution < 1.29 is 23.9 Å². The van der Waals surface area contributed by atoms with E-state index in [4.69, 9.17) is 33.3 Å². The lowest BCUT2D eigenvalue weighted by Gasteiger charge is -2.29. The molecule has 2 aromatic carbocycles. The molecular formula is C22H13ClN2O5S. The summed E-state index contributed by atoms with van der Waals surface area (Å²) in [5, 5.41) is 11.7. The summed E-state index contributed by atoms with van der Waals surface area (Å²) in [6.45, 7) is 0. The van der Waals surface area contributed by atoms with Crippen molar-refractivity contribution >= 4 is 58.5 Å². The van der Waals surface area contributed by atoms with Gasteiger partial charge in [0.2, 0.25) is 0 Å². The van der Waals surface area contributed by atoms with Gasteiger partial charge in [-0.25, -0.2) is 4.79 Å². The molecule has 7 nitrogen and oxygen atoms in total. The van der Waals surface area contributed by atoms with E-state index in [1.165, 1.54) is 18.2 Å². The number of nitrogens with zero attached hydrogens (tertiary/aromatic N) is 1. The highest BCUT2D eigenvalue weighted by Crippen LogP contribution is 2.29. The van der Waals surface area contributed by atoms with E-state index in [9.17, 15) is 14.4 Å². The van der Waals surface area contributed by atoms with E-state index in [0.29, 0.717) is 22.0 Å². The number of anilines is 1. The summed E-state index contributed by atoms with van der Waals surface area (Å²) in [6.07, 6.45) is 1.32. The molecule has 0 radical (unpaired) electrons. The lowest BCUT2D eigenvalue weighted by atomic mass is 10.1. The second kappa shape index (κ2) is 8.17. The van der Waals surface area contributed by atoms with Crippen molar-refractivity contribution in [2.45, 2.75) is 0 Å². The number of carbonyl (C=O) groups excluding carboxylic acids is 2. The van der Waals surface area contributed by atoms with Gasteiger partial charge < -0.3 is 9.52 Å². The topological polar surface area (TPSA) is 99.9 Å². The maximum absolute atomic E-state index is 13.0. The molecule has 0 aliphatic carbocycles. The SMILES string of the molecule is O=C1NC(=S)N(c2ccccc2Cl)C(=O)/C1=C/c1ccc(-c2ccc(C(=O)O)cc2)o1. The number of aromatic carboxylic acids is 1. The molecule has 2 N–H and O–H groups in total. The third kappa shape index (κ3) is 3.98. The molecular weight excluding hydrogens is 440 g/mol. The minimum absolute atomic E-state index is 0.0705. The Hall–Kier alpha value is -3.75. The molecule has 0 spiro atoms. The summed E-state index contributed by atoms with van der Waals surface area (Å²) in [7, 11) is 0.